The molecule has 0 saturated heterocycles. The van der Waals surface area contributed by atoms with Gasteiger partial charge in [-0.05, 0) is 6.42 Å². The van der Waals surface area contributed by atoms with Gasteiger partial charge >= 0.3 is 12.1 Å². The van der Waals surface area contributed by atoms with E-state index >= 15 is 0 Å². The van der Waals surface area contributed by atoms with Gasteiger partial charge in [0.05, 0.1) is 46.8 Å². The van der Waals surface area contributed by atoms with Gasteiger partial charge in [0.1, 0.15) is 0 Å². The number of carboxylic acids is 1. The number of nitrogens with zero attached hydrogens (tertiary/aromatic N) is 1. The molecule has 2 N–H and O–H groups in total. The summed E-state index contributed by atoms with van der Waals surface area (Å²) in [6.45, 7) is 3.13. The van der Waals surface area contributed by atoms with E-state index in [1.54, 1.807) is 0 Å². The molecule has 1 atom stereocenters. The summed E-state index contributed by atoms with van der Waals surface area (Å²) in [4.78, 5) is 22.6. The SMILES string of the molecule is CCCCCCCCCOC(=O)NC(CC(=O)O)C[N+](C)(C)C. The van der Waals surface area contributed by atoms with Crippen LogP contribution in [0.5, 0.6) is 0 Å². The number of amides is 1. The highest BCUT2D eigenvalue weighted by Crippen LogP contribution is 2.07. The fourth-order valence-electron chi connectivity index (χ4n) is 2.47. The summed E-state index contributed by atoms with van der Waals surface area (Å²) in [6.07, 6.45) is 7.53. The number of rotatable bonds is 13. The van der Waals surface area contributed by atoms with Crippen molar-refractivity contribution in [2.45, 2.75) is 64.3 Å². The number of carbonyl (C=O) groups is 2. The molecule has 0 radical (unpaired) electrons. The summed E-state index contributed by atoms with van der Waals surface area (Å²) in [5.41, 5.74) is 0. The van der Waals surface area contributed by atoms with E-state index in [9.17, 15) is 9.59 Å². The normalized spacial score (nSPS) is 12.7. The molecule has 0 saturated carbocycles. The van der Waals surface area contributed by atoms with Gasteiger partial charge in [0.15, 0.2) is 0 Å². The highest BCUT2D eigenvalue weighted by molar-refractivity contribution is 5.71. The van der Waals surface area contributed by atoms with Crippen LogP contribution in [0.3, 0.4) is 0 Å². The second kappa shape index (κ2) is 12.2. The van der Waals surface area contributed by atoms with Gasteiger partial charge in [-0.3, -0.25) is 4.79 Å². The number of aliphatic carboxylic acids is 1. The lowest BCUT2D eigenvalue weighted by molar-refractivity contribution is -0.871. The summed E-state index contributed by atoms with van der Waals surface area (Å²) in [6, 6.07) is -0.422. The number of nitrogens with one attached hydrogen (secondary N) is 1. The maximum absolute atomic E-state index is 11.8. The van der Waals surface area contributed by atoms with Crippen LogP contribution in [0.25, 0.3) is 0 Å². The number of hydrogen-bond acceptors (Lipinski definition) is 3. The number of likely N-dealkylation sites (N-methyl/N-ethyl adjacent to an activating group) is 1. The number of alkyl carbamates (subject to hydrolysis) is 1. The molecule has 0 aliphatic rings. The molecule has 136 valence electrons. The van der Waals surface area contributed by atoms with Crippen molar-refractivity contribution < 1.29 is 23.9 Å². The Morgan fingerprint density at radius 1 is 1.04 bits per heavy atom. The van der Waals surface area contributed by atoms with Crippen LogP contribution in [0.1, 0.15) is 58.3 Å². The molecule has 0 fully saturated rings. The zero-order valence-corrected chi connectivity index (χ0v) is 15.3. The largest absolute Gasteiger partial charge is 0.481 e. The number of ether oxygens (including phenoxy) is 1. The molecule has 23 heavy (non-hydrogen) atoms. The standard InChI is InChI=1S/C17H34N2O4/c1-5-6-7-8-9-10-11-12-23-17(22)18-15(13-16(20)21)14-19(2,3)4/h15H,5-14H2,1-4H3,(H-,18,20,21,22)/p+1. The Morgan fingerprint density at radius 3 is 2.13 bits per heavy atom. The second-order valence-corrected chi connectivity index (χ2v) is 7.17. The van der Waals surface area contributed by atoms with Crippen LogP contribution < -0.4 is 5.32 Å². The first-order valence-corrected chi connectivity index (χ1v) is 8.70. The minimum atomic E-state index is -0.921. The van der Waals surface area contributed by atoms with Crippen LogP contribution in [0.15, 0.2) is 0 Å². The Kier molecular flexibility index (Phi) is 11.5. The van der Waals surface area contributed by atoms with Crippen LogP contribution >= 0.6 is 0 Å². The van der Waals surface area contributed by atoms with Crippen LogP contribution in [0.4, 0.5) is 4.79 Å². The first-order chi connectivity index (χ1) is 10.7. The summed E-state index contributed by atoms with van der Waals surface area (Å²) >= 11 is 0. The monoisotopic (exact) mass is 331 g/mol. The first-order valence-electron chi connectivity index (χ1n) is 8.70. The van der Waals surface area contributed by atoms with Crippen molar-refractivity contribution in [3.8, 4) is 0 Å². The Hall–Kier alpha value is -1.30. The van der Waals surface area contributed by atoms with Crippen molar-refractivity contribution in [2.24, 2.45) is 0 Å². The van der Waals surface area contributed by atoms with Gasteiger partial charge in [0.2, 0.25) is 0 Å². The van der Waals surface area contributed by atoms with Crippen LogP contribution in [-0.4, -0.2) is 62.0 Å². The lowest BCUT2D eigenvalue weighted by Gasteiger charge is -2.28. The van der Waals surface area contributed by atoms with E-state index in [0.29, 0.717) is 17.6 Å². The molecule has 0 aromatic rings. The summed E-state index contributed by atoms with van der Waals surface area (Å²) < 4.78 is 5.73. The smallest absolute Gasteiger partial charge is 0.407 e. The average Bonchev–Trinajstić information content (AvgIpc) is 2.39. The molecule has 0 rings (SSSR count). The Balaban J connectivity index is 3.88. The minimum Gasteiger partial charge on any atom is -0.481 e. The van der Waals surface area contributed by atoms with E-state index in [2.05, 4.69) is 12.2 Å². The Morgan fingerprint density at radius 2 is 1.61 bits per heavy atom. The molecule has 6 heteroatoms. The van der Waals surface area contributed by atoms with Gasteiger partial charge in [-0.2, -0.15) is 0 Å². The third-order valence-corrected chi connectivity index (χ3v) is 3.49. The Bertz CT molecular complexity index is 340. The van der Waals surface area contributed by atoms with Crippen molar-refractivity contribution in [2.75, 3.05) is 34.3 Å². The molecule has 0 bridgehead atoms. The second-order valence-electron chi connectivity index (χ2n) is 7.17. The molecular weight excluding hydrogens is 296 g/mol. The number of hydrogen-bond donors (Lipinski definition) is 2. The minimum absolute atomic E-state index is 0.0952. The van der Waals surface area contributed by atoms with Gasteiger partial charge in [-0.1, -0.05) is 45.4 Å². The molecular formula is C17H35N2O4+. The van der Waals surface area contributed by atoms with Crippen molar-refractivity contribution >= 4 is 12.1 Å². The molecule has 0 aliphatic carbocycles. The molecule has 0 aromatic heterocycles. The first kappa shape index (κ1) is 21.7. The van der Waals surface area contributed by atoms with E-state index in [1.165, 1.54) is 32.1 Å². The number of unbranched alkanes of at least 4 members (excludes halogenated alkanes) is 6. The zero-order chi connectivity index (χ0) is 17.7. The van der Waals surface area contributed by atoms with Crippen molar-refractivity contribution in [1.82, 2.24) is 5.32 Å². The molecule has 0 aliphatic heterocycles. The molecule has 0 spiro atoms. The van der Waals surface area contributed by atoms with Gasteiger partial charge in [0.25, 0.3) is 0 Å². The topological polar surface area (TPSA) is 75.6 Å². The highest BCUT2D eigenvalue weighted by atomic mass is 16.5. The highest BCUT2D eigenvalue weighted by Gasteiger charge is 2.23. The van der Waals surface area contributed by atoms with E-state index in [0.717, 1.165) is 12.8 Å². The number of carboxylic acid groups (broad SMARTS) is 1. The predicted octanol–water partition coefficient (Wildman–Crippen LogP) is 3.01. The fourth-order valence-corrected chi connectivity index (χ4v) is 2.47. The zero-order valence-electron chi connectivity index (χ0n) is 15.3. The van der Waals surface area contributed by atoms with Gasteiger partial charge < -0.3 is 19.6 Å². The van der Waals surface area contributed by atoms with Crippen LogP contribution in [0.2, 0.25) is 0 Å². The summed E-state index contributed by atoms with van der Waals surface area (Å²) in [5.74, 6) is -0.921. The molecule has 0 aromatic carbocycles. The van der Waals surface area contributed by atoms with E-state index < -0.39 is 18.1 Å². The lowest BCUT2D eigenvalue weighted by atomic mass is 10.1. The van der Waals surface area contributed by atoms with Gasteiger partial charge in [-0.15, -0.1) is 0 Å². The molecule has 1 amide bonds. The number of carbonyl (C=O) groups excluding carboxylic acids is 1. The third kappa shape index (κ3) is 15.4. The molecule has 6 nitrogen and oxygen atoms in total. The van der Waals surface area contributed by atoms with Crippen molar-refractivity contribution in [1.29, 1.82) is 0 Å². The summed E-state index contributed by atoms with van der Waals surface area (Å²) in [7, 11) is 5.88. The van der Waals surface area contributed by atoms with Crippen molar-refractivity contribution in [3.63, 3.8) is 0 Å². The maximum atomic E-state index is 11.8. The van der Waals surface area contributed by atoms with Gasteiger partial charge in [0, 0.05) is 0 Å². The summed E-state index contributed by atoms with van der Waals surface area (Å²) in [5, 5.41) is 11.6. The van der Waals surface area contributed by atoms with E-state index in [1.807, 2.05) is 21.1 Å². The predicted molar refractivity (Wildman–Crippen MR) is 91.4 cm³/mol. The van der Waals surface area contributed by atoms with E-state index in [4.69, 9.17) is 9.84 Å². The van der Waals surface area contributed by atoms with Crippen molar-refractivity contribution in [3.05, 3.63) is 0 Å². The Labute approximate surface area is 140 Å². The number of quaternary nitrogens is 1. The lowest BCUT2D eigenvalue weighted by Crippen LogP contribution is -2.49. The van der Waals surface area contributed by atoms with Crippen LogP contribution in [-0.2, 0) is 9.53 Å². The molecule has 0 heterocycles. The van der Waals surface area contributed by atoms with E-state index in [-0.39, 0.29) is 6.42 Å². The van der Waals surface area contributed by atoms with Gasteiger partial charge in [-0.25, -0.2) is 4.79 Å². The fraction of sp³-hybridized carbons (Fsp3) is 0.882. The average molecular weight is 331 g/mol. The maximum Gasteiger partial charge on any atom is 0.407 e. The third-order valence-electron chi connectivity index (χ3n) is 3.49. The van der Waals surface area contributed by atoms with Crippen LogP contribution in [0, 0.1) is 0 Å². The molecule has 1 unspecified atom stereocenters. The quantitative estimate of drug-likeness (QED) is 0.402.